The smallest absolute Gasteiger partial charge is 0.305 e. The van der Waals surface area contributed by atoms with Gasteiger partial charge in [0.05, 0.1) is 6.61 Å². The molecule has 0 amide bonds. The zero-order valence-electron chi connectivity index (χ0n) is 6.94. The summed E-state index contributed by atoms with van der Waals surface area (Å²) >= 11 is 3.25. The molecule has 0 N–H and O–H groups in total. The van der Waals surface area contributed by atoms with Gasteiger partial charge in [0, 0.05) is 11.8 Å². The summed E-state index contributed by atoms with van der Waals surface area (Å²) in [6, 6.07) is 0. The van der Waals surface area contributed by atoms with Gasteiger partial charge in [0.1, 0.15) is 0 Å². The molecule has 0 aromatic rings. The molecule has 0 aromatic heterocycles. The Hall–Kier alpha value is -0.0500. The second kappa shape index (κ2) is 8.05. The third-order valence-electron chi connectivity index (χ3n) is 1.28. The van der Waals surface area contributed by atoms with E-state index in [1.807, 2.05) is 0 Å². The number of hydrogen-bond donors (Lipinski definition) is 0. The lowest BCUT2D eigenvalue weighted by atomic mass is 10.3. The van der Waals surface area contributed by atoms with E-state index in [1.54, 1.807) is 0 Å². The number of esters is 1. The highest BCUT2D eigenvalue weighted by molar-refractivity contribution is 9.09. The Labute approximate surface area is 76.4 Å². The van der Waals surface area contributed by atoms with E-state index in [-0.39, 0.29) is 5.97 Å². The summed E-state index contributed by atoms with van der Waals surface area (Å²) in [6.45, 7) is 2.66. The van der Waals surface area contributed by atoms with Gasteiger partial charge in [0.25, 0.3) is 0 Å². The van der Waals surface area contributed by atoms with E-state index in [4.69, 9.17) is 4.74 Å². The van der Waals surface area contributed by atoms with Crippen LogP contribution in [0.3, 0.4) is 0 Å². The van der Waals surface area contributed by atoms with Gasteiger partial charge in [-0.1, -0.05) is 29.3 Å². The molecule has 0 atom stereocenters. The van der Waals surface area contributed by atoms with Crippen molar-refractivity contribution in [2.24, 2.45) is 0 Å². The van der Waals surface area contributed by atoms with Crippen LogP contribution in [0.4, 0.5) is 0 Å². The van der Waals surface area contributed by atoms with Crippen LogP contribution < -0.4 is 0 Å². The first kappa shape index (κ1) is 11.0. The summed E-state index contributed by atoms with van der Waals surface area (Å²) < 4.78 is 4.92. The van der Waals surface area contributed by atoms with Crippen molar-refractivity contribution in [3.8, 4) is 0 Å². The first-order valence-electron chi connectivity index (χ1n) is 4.02. The highest BCUT2D eigenvalue weighted by atomic mass is 79.9. The summed E-state index contributed by atoms with van der Waals surface area (Å²) in [7, 11) is 0. The summed E-state index contributed by atoms with van der Waals surface area (Å²) in [5.41, 5.74) is 0. The largest absolute Gasteiger partial charge is 0.466 e. The second-order valence-electron chi connectivity index (χ2n) is 2.37. The quantitative estimate of drug-likeness (QED) is 0.393. The van der Waals surface area contributed by atoms with E-state index in [0.717, 1.165) is 24.6 Å². The molecule has 0 aromatic carbocycles. The van der Waals surface area contributed by atoms with Gasteiger partial charge in [-0.05, 0) is 12.8 Å². The zero-order chi connectivity index (χ0) is 8.53. The number of unbranched alkanes of at least 4 members (excludes halogenated alkanes) is 1. The summed E-state index contributed by atoms with van der Waals surface area (Å²) in [5.74, 6) is -0.0714. The Balaban J connectivity index is 3.09. The molecule has 0 rings (SSSR count). The molecule has 0 bridgehead atoms. The van der Waals surface area contributed by atoms with Crippen molar-refractivity contribution in [2.75, 3.05) is 11.9 Å². The van der Waals surface area contributed by atoms with Crippen LogP contribution in [-0.4, -0.2) is 17.9 Å². The number of hydrogen-bond acceptors (Lipinski definition) is 2. The number of rotatable bonds is 6. The Morgan fingerprint density at radius 1 is 1.45 bits per heavy atom. The van der Waals surface area contributed by atoms with Gasteiger partial charge in [0.15, 0.2) is 0 Å². The third kappa shape index (κ3) is 7.85. The molecule has 3 heteroatoms. The Bertz CT molecular complexity index is 104. The van der Waals surface area contributed by atoms with Gasteiger partial charge >= 0.3 is 5.97 Å². The van der Waals surface area contributed by atoms with Crippen LogP contribution in [-0.2, 0) is 9.53 Å². The van der Waals surface area contributed by atoms with Crippen molar-refractivity contribution >= 4 is 21.9 Å². The van der Waals surface area contributed by atoms with E-state index in [0.29, 0.717) is 13.0 Å². The fraction of sp³-hybridized carbons (Fsp3) is 0.875. The molecular weight excluding hydrogens is 208 g/mol. The first-order chi connectivity index (χ1) is 5.31. The number of ether oxygens (including phenoxy) is 1. The fourth-order valence-corrected chi connectivity index (χ4v) is 0.894. The Morgan fingerprint density at radius 3 is 2.73 bits per heavy atom. The van der Waals surface area contributed by atoms with Crippen molar-refractivity contribution in [3.63, 3.8) is 0 Å². The van der Waals surface area contributed by atoms with Gasteiger partial charge in [-0.15, -0.1) is 0 Å². The summed E-state index contributed by atoms with van der Waals surface area (Å²) in [6.07, 6.45) is 3.45. The molecule has 0 radical (unpaired) electrons. The maximum Gasteiger partial charge on any atom is 0.305 e. The van der Waals surface area contributed by atoms with Gasteiger partial charge < -0.3 is 4.74 Å². The van der Waals surface area contributed by atoms with E-state index >= 15 is 0 Å². The number of halogens is 1. The lowest BCUT2D eigenvalue weighted by molar-refractivity contribution is -0.143. The Morgan fingerprint density at radius 2 is 2.18 bits per heavy atom. The standard InChI is InChI=1S/C8H15BrO2/c1-2-3-7-11-8(10)5-4-6-9/h2-7H2,1H3. The van der Waals surface area contributed by atoms with Crippen LogP contribution in [0.25, 0.3) is 0 Å². The second-order valence-corrected chi connectivity index (χ2v) is 3.16. The average Bonchev–Trinajstić information content (AvgIpc) is 2.01. The SMILES string of the molecule is CCCCOC(=O)CCCBr. The zero-order valence-corrected chi connectivity index (χ0v) is 8.52. The van der Waals surface area contributed by atoms with Crippen LogP contribution in [0.15, 0.2) is 0 Å². The molecule has 0 fully saturated rings. The Kier molecular flexibility index (Phi) is 8.01. The van der Waals surface area contributed by atoms with E-state index < -0.39 is 0 Å². The fourth-order valence-electron chi connectivity index (χ4n) is 0.614. The molecule has 0 spiro atoms. The molecule has 66 valence electrons. The lowest BCUT2D eigenvalue weighted by Crippen LogP contribution is -2.05. The molecule has 0 aliphatic heterocycles. The van der Waals surface area contributed by atoms with Crippen molar-refractivity contribution in [1.82, 2.24) is 0 Å². The third-order valence-corrected chi connectivity index (χ3v) is 1.84. The van der Waals surface area contributed by atoms with Gasteiger partial charge in [-0.25, -0.2) is 0 Å². The topological polar surface area (TPSA) is 26.3 Å². The molecule has 0 aliphatic rings. The molecule has 0 heterocycles. The minimum atomic E-state index is -0.0714. The molecule has 11 heavy (non-hydrogen) atoms. The summed E-state index contributed by atoms with van der Waals surface area (Å²) in [5, 5.41) is 0.871. The van der Waals surface area contributed by atoms with Gasteiger partial charge in [-0.2, -0.15) is 0 Å². The normalized spacial score (nSPS) is 9.64. The highest BCUT2D eigenvalue weighted by Crippen LogP contribution is 1.97. The van der Waals surface area contributed by atoms with Crippen molar-refractivity contribution in [1.29, 1.82) is 0 Å². The van der Waals surface area contributed by atoms with Crippen molar-refractivity contribution in [2.45, 2.75) is 32.6 Å². The summed E-state index contributed by atoms with van der Waals surface area (Å²) in [4.78, 5) is 10.8. The molecule has 2 nitrogen and oxygen atoms in total. The molecule has 0 unspecified atom stereocenters. The van der Waals surface area contributed by atoms with Crippen molar-refractivity contribution in [3.05, 3.63) is 0 Å². The van der Waals surface area contributed by atoms with Gasteiger partial charge in [-0.3, -0.25) is 4.79 Å². The van der Waals surface area contributed by atoms with Crippen LogP contribution in [0.2, 0.25) is 0 Å². The molecule has 0 saturated carbocycles. The minimum Gasteiger partial charge on any atom is -0.466 e. The maximum atomic E-state index is 10.8. The predicted molar refractivity (Wildman–Crippen MR) is 48.9 cm³/mol. The van der Waals surface area contributed by atoms with E-state index in [1.165, 1.54) is 0 Å². The van der Waals surface area contributed by atoms with Crippen molar-refractivity contribution < 1.29 is 9.53 Å². The lowest BCUT2D eigenvalue weighted by Gasteiger charge is -2.01. The maximum absolute atomic E-state index is 10.8. The average molecular weight is 223 g/mol. The van der Waals surface area contributed by atoms with Crippen LogP contribution >= 0.6 is 15.9 Å². The molecule has 0 aliphatic carbocycles. The van der Waals surface area contributed by atoms with Crippen LogP contribution in [0, 0.1) is 0 Å². The van der Waals surface area contributed by atoms with Crippen LogP contribution in [0.1, 0.15) is 32.6 Å². The first-order valence-corrected chi connectivity index (χ1v) is 5.15. The predicted octanol–water partition coefficient (Wildman–Crippen LogP) is 2.50. The molecule has 0 saturated heterocycles. The number of carbonyl (C=O) groups is 1. The molecular formula is C8H15BrO2. The van der Waals surface area contributed by atoms with Gasteiger partial charge in [0.2, 0.25) is 0 Å². The monoisotopic (exact) mass is 222 g/mol. The number of carbonyl (C=O) groups excluding carboxylic acids is 1. The minimum absolute atomic E-state index is 0.0714. The highest BCUT2D eigenvalue weighted by Gasteiger charge is 1.99. The number of alkyl halides is 1. The van der Waals surface area contributed by atoms with Crippen LogP contribution in [0.5, 0.6) is 0 Å². The van der Waals surface area contributed by atoms with E-state index in [9.17, 15) is 4.79 Å². The van der Waals surface area contributed by atoms with E-state index in [2.05, 4.69) is 22.9 Å².